The average Bonchev–Trinajstić information content (AvgIpc) is 2.41. The third-order valence-electron chi connectivity index (χ3n) is 3.03. The van der Waals surface area contributed by atoms with Crippen LogP contribution in [0.2, 0.25) is 0 Å². The lowest BCUT2D eigenvalue weighted by atomic mass is 10.2. The number of nitrogens with two attached hydrogens (primary N) is 1. The topological polar surface area (TPSA) is 77.0 Å². The van der Waals surface area contributed by atoms with Gasteiger partial charge in [0.05, 0.1) is 18.4 Å². The Hall–Kier alpha value is -2.37. The van der Waals surface area contributed by atoms with Crippen LogP contribution < -0.4 is 16.2 Å². The highest BCUT2D eigenvalue weighted by molar-refractivity contribution is 5.41. The van der Waals surface area contributed by atoms with Gasteiger partial charge in [-0.1, -0.05) is 6.92 Å². The van der Waals surface area contributed by atoms with Crippen molar-refractivity contribution in [2.24, 2.45) is 0 Å². The van der Waals surface area contributed by atoms with Crippen molar-refractivity contribution in [3.05, 3.63) is 46.5 Å². The normalized spacial score (nSPS) is 10.5. The molecule has 0 saturated heterocycles. The second kappa shape index (κ2) is 6.18. The van der Waals surface area contributed by atoms with Gasteiger partial charge in [-0.05, 0) is 24.1 Å². The molecule has 0 bridgehead atoms. The van der Waals surface area contributed by atoms with Crippen LogP contribution in [0.5, 0.6) is 0 Å². The zero-order valence-electron chi connectivity index (χ0n) is 11.8. The fourth-order valence-electron chi connectivity index (χ4n) is 1.98. The molecule has 0 aliphatic carbocycles. The third-order valence-corrected chi connectivity index (χ3v) is 3.03. The summed E-state index contributed by atoms with van der Waals surface area (Å²) in [6.45, 7) is 3.38. The second-order valence-corrected chi connectivity index (χ2v) is 4.72. The summed E-state index contributed by atoms with van der Waals surface area (Å²) in [5.41, 5.74) is 7.24. The number of pyridine rings is 1. The van der Waals surface area contributed by atoms with Crippen LogP contribution in [-0.2, 0) is 6.54 Å². The molecular formula is C14H19N5O. The van der Waals surface area contributed by atoms with Crippen LogP contribution in [0.3, 0.4) is 0 Å². The zero-order chi connectivity index (χ0) is 14.5. The van der Waals surface area contributed by atoms with Crippen molar-refractivity contribution in [2.45, 2.75) is 19.9 Å². The highest BCUT2D eigenvalue weighted by atomic mass is 16.1. The van der Waals surface area contributed by atoms with Gasteiger partial charge in [0.2, 0.25) is 0 Å². The number of nitrogens with zero attached hydrogens (tertiary/aromatic N) is 4. The average molecular weight is 273 g/mol. The minimum atomic E-state index is -0.124. The lowest BCUT2D eigenvalue weighted by Crippen LogP contribution is -2.26. The molecule has 0 fully saturated rings. The van der Waals surface area contributed by atoms with Gasteiger partial charge in [0.25, 0.3) is 5.56 Å². The Morgan fingerprint density at radius 3 is 2.85 bits per heavy atom. The van der Waals surface area contributed by atoms with Crippen molar-refractivity contribution in [1.29, 1.82) is 0 Å². The first-order chi connectivity index (χ1) is 9.60. The third kappa shape index (κ3) is 3.34. The van der Waals surface area contributed by atoms with E-state index in [1.807, 2.05) is 18.0 Å². The molecule has 106 valence electrons. The van der Waals surface area contributed by atoms with Crippen molar-refractivity contribution in [3.8, 4) is 0 Å². The molecule has 20 heavy (non-hydrogen) atoms. The summed E-state index contributed by atoms with van der Waals surface area (Å²) in [7, 11) is 1.95. The lowest BCUT2D eigenvalue weighted by Gasteiger charge is -2.17. The molecular weight excluding hydrogens is 254 g/mol. The number of aromatic nitrogens is 3. The molecule has 6 nitrogen and oxygen atoms in total. The molecule has 2 N–H and O–H groups in total. The zero-order valence-corrected chi connectivity index (χ0v) is 11.8. The van der Waals surface area contributed by atoms with Gasteiger partial charge < -0.3 is 10.6 Å². The van der Waals surface area contributed by atoms with E-state index in [0.29, 0.717) is 12.4 Å². The molecule has 0 radical (unpaired) electrons. The lowest BCUT2D eigenvalue weighted by molar-refractivity contribution is 0.636. The summed E-state index contributed by atoms with van der Waals surface area (Å²) in [4.78, 5) is 18.0. The van der Waals surface area contributed by atoms with Crippen molar-refractivity contribution in [3.63, 3.8) is 0 Å². The Labute approximate surface area is 117 Å². The molecule has 2 rings (SSSR count). The van der Waals surface area contributed by atoms with Gasteiger partial charge in [0.1, 0.15) is 5.82 Å². The smallest absolute Gasteiger partial charge is 0.269 e. The molecule has 0 aromatic carbocycles. The SMILES string of the molecule is CCCN(C)c1cnn(Cc2ccnc(N)c2)c(=O)c1. The highest BCUT2D eigenvalue weighted by Crippen LogP contribution is 2.08. The number of nitrogen functional groups attached to an aromatic ring is 1. The maximum atomic E-state index is 12.1. The molecule has 0 amide bonds. The molecule has 0 atom stereocenters. The summed E-state index contributed by atoms with van der Waals surface area (Å²) in [6, 6.07) is 5.17. The minimum Gasteiger partial charge on any atom is -0.384 e. The predicted molar refractivity (Wildman–Crippen MR) is 79.8 cm³/mol. The van der Waals surface area contributed by atoms with Crippen LogP contribution in [0.4, 0.5) is 11.5 Å². The standard InChI is InChI=1S/C14H19N5O/c1-3-6-18(2)12-8-14(20)19(17-9-12)10-11-4-5-16-13(15)7-11/h4-5,7-9H,3,6,10H2,1-2H3,(H2,15,16). The van der Waals surface area contributed by atoms with E-state index in [-0.39, 0.29) is 5.56 Å². The Morgan fingerprint density at radius 1 is 1.40 bits per heavy atom. The van der Waals surface area contributed by atoms with Gasteiger partial charge >= 0.3 is 0 Å². The Kier molecular flexibility index (Phi) is 4.34. The molecule has 0 spiro atoms. The van der Waals surface area contributed by atoms with Crippen LogP contribution in [0.25, 0.3) is 0 Å². The molecule has 6 heteroatoms. The first-order valence-corrected chi connectivity index (χ1v) is 6.59. The quantitative estimate of drug-likeness (QED) is 0.883. The van der Waals surface area contributed by atoms with E-state index in [2.05, 4.69) is 17.0 Å². The van der Waals surface area contributed by atoms with Crippen LogP contribution in [0.1, 0.15) is 18.9 Å². The molecule has 2 aromatic heterocycles. The maximum Gasteiger partial charge on any atom is 0.269 e. The van der Waals surface area contributed by atoms with E-state index in [1.165, 1.54) is 4.68 Å². The van der Waals surface area contributed by atoms with Gasteiger partial charge in [-0.3, -0.25) is 4.79 Å². The Balaban J connectivity index is 2.20. The molecule has 2 aromatic rings. The Bertz CT molecular complexity index is 637. The van der Waals surface area contributed by atoms with Crippen LogP contribution in [0.15, 0.2) is 35.4 Å². The monoisotopic (exact) mass is 273 g/mol. The summed E-state index contributed by atoms with van der Waals surface area (Å²) < 4.78 is 1.41. The van der Waals surface area contributed by atoms with Crippen molar-refractivity contribution >= 4 is 11.5 Å². The van der Waals surface area contributed by atoms with Crippen LogP contribution >= 0.6 is 0 Å². The minimum absolute atomic E-state index is 0.124. The van der Waals surface area contributed by atoms with Crippen molar-refractivity contribution < 1.29 is 0 Å². The van der Waals surface area contributed by atoms with E-state index < -0.39 is 0 Å². The number of anilines is 2. The molecule has 0 saturated carbocycles. The van der Waals surface area contributed by atoms with E-state index in [4.69, 9.17) is 5.73 Å². The molecule has 0 unspecified atom stereocenters. The predicted octanol–water partition coefficient (Wildman–Crippen LogP) is 1.11. The van der Waals surface area contributed by atoms with Gasteiger partial charge in [0, 0.05) is 25.9 Å². The van der Waals surface area contributed by atoms with E-state index in [9.17, 15) is 4.79 Å². The summed E-state index contributed by atoms with van der Waals surface area (Å²) in [5.74, 6) is 0.440. The maximum absolute atomic E-state index is 12.1. The van der Waals surface area contributed by atoms with Crippen LogP contribution in [0, 0.1) is 0 Å². The number of hydrogen-bond acceptors (Lipinski definition) is 5. The van der Waals surface area contributed by atoms with E-state index in [0.717, 1.165) is 24.2 Å². The van der Waals surface area contributed by atoms with E-state index in [1.54, 1.807) is 24.5 Å². The summed E-state index contributed by atoms with van der Waals surface area (Å²) in [6.07, 6.45) is 4.36. The van der Waals surface area contributed by atoms with Gasteiger partial charge in [-0.2, -0.15) is 5.10 Å². The number of hydrogen-bond donors (Lipinski definition) is 1. The highest BCUT2D eigenvalue weighted by Gasteiger charge is 2.05. The fraction of sp³-hybridized carbons (Fsp3) is 0.357. The van der Waals surface area contributed by atoms with Crippen LogP contribution in [-0.4, -0.2) is 28.4 Å². The first-order valence-electron chi connectivity index (χ1n) is 6.59. The molecule has 0 aliphatic heterocycles. The van der Waals surface area contributed by atoms with Gasteiger partial charge in [0.15, 0.2) is 0 Å². The van der Waals surface area contributed by atoms with Gasteiger partial charge in [-0.15, -0.1) is 0 Å². The summed E-state index contributed by atoms with van der Waals surface area (Å²) >= 11 is 0. The largest absolute Gasteiger partial charge is 0.384 e. The first kappa shape index (κ1) is 14.0. The van der Waals surface area contributed by atoms with E-state index >= 15 is 0 Å². The Morgan fingerprint density at radius 2 is 2.20 bits per heavy atom. The second-order valence-electron chi connectivity index (χ2n) is 4.72. The van der Waals surface area contributed by atoms with Crippen molar-refractivity contribution in [1.82, 2.24) is 14.8 Å². The molecule has 0 aliphatic rings. The fourth-order valence-corrected chi connectivity index (χ4v) is 1.98. The number of rotatable bonds is 5. The molecule has 2 heterocycles. The van der Waals surface area contributed by atoms with Gasteiger partial charge in [-0.25, -0.2) is 9.67 Å². The summed E-state index contributed by atoms with van der Waals surface area (Å²) in [5, 5.41) is 4.21. The van der Waals surface area contributed by atoms with Crippen molar-refractivity contribution in [2.75, 3.05) is 24.2 Å².